The molecule has 0 bridgehead atoms. The first-order chi connectivity index (χ1) is 13.5. The van der Waals surface area contributed by atoms with Gasteiger partial charge in [0.1, 0.15) is 4.21 Å². The molecule has 1 N–H and O–H groups in total. The van der Waals surface area contributed by atoms with Crippen molar-refractivity contribution in [1.29, 1.82) is 0 Å². The van der Waals surface area contributed by atoms with Gasteiger partial charge >= 0.3 is 0 Å². The molecule has 1 spiro atoms. The van der Waals surface area contributed by atoms with E-state index in [1.54, 1.807) is 21.8 Å². The van der Waals surface area contributed by atoms with Crippen LogP contribution in [0, 0.1) is 11.3 Å². The van der Waals surface area contributed by atoms with Crippen LogP contribution in [0.1, 0.15) is 44.9 Å². The number of carbonyl (C=O) groups is 1. The molecule has 1 amide bonds. The fourth-order valence-corrected chi connectivity index (χ4v) is 7.93. The molecule has 0 unspecified atom stereocenters. The lowest BCUT2D eigenvalue weighted by molar-refractivity contribution is -0.128. The Labute approximate surface area is 172 Å². The highest BCUT2D eigenvalue weighted by molar-refractivity contribution is 7.91. The van der Waals surface area contributed by atoms with Gasteiger partial charge in [-0.3, -0.25) is 4.79 Å². The molecule has 2 aliphatic heterocycles. The predicted molar refractivity (Wildman–Crippen MR) is 111 cm³/mol. The van der Waals surface area contributed by atoms with Crippen molar-refractivity contribution in [3.8, 4) is 0 Å². The number of hydrogen-bond donors (Lipinski definition) is 1. The molecule has 2 saturated heterocycles. The summed E-state index contributed by atoms with van der Waals surface area (Å²) in [6, 6.07) is 3.43. The maximum Gasteiger partial charge on any atom is 0.252 e. The number of amides is 1. The van der Waals surface area contributed by atoms with Crippen LogP contribution in [0.5, 0.6) is 0 Å². The molecule has 0 radical (unpaired) electrons. The third kappa shape index (κ3) is 4.01. The molecule has 8 heteroatoms. The Morgan fingerprint density at radius 2 is 1.93 bits per heavy atom. The van der Waals surface area contributed by atoms with E-state index in [2.05, 4.69) is 10.2 Å². The minimum Gasteiger partial charge on any atom is -0.355 e. The Morgan fingerprint density at radius 1 is 1.18 bits per heavy atom. The van der Waals surface area contributed by atoms with Gasteiger partial charge in [-0.2, -0.15) is 4.31 Å². The Kier molecular flexibility index (Phi) is 6.11. The van der Waals surface area contributed by atoms with Crippen LogP contribution < -0.4 is 5.32 Å². The third-order valence-corrected chi connectivity index (χ3v) is 9.98. The van der Waals surface area contributed by atoms with E-state index < -0.39 is 10.0 Å². The van der Waals surface area contributed by atoms with Crippen molar-refractivity contribution in [2.75, 3.05) is 39.3 Å². The molecule has 3 fully saturated rings. The quantitative estimate of drug-likeness (QED) is 0.760. The smallest absolute Gasteiger partial charge is 0.252 e. The molecule has 156 valence electrons. The largest absolute Gasteiger partial charge is 0.355 e. The molecule has 4 rings (SSSR count). The zero-order valence-corrected chi connectivity index (χ0v) is 18.1. The van der Waals surface area contributed by atoms with E-state index >= 15 is 0 Å². The summed E-state index contributed by atoms with van der Waals surface area (Å²) < 4.78 is 28.1. The lowest BCUT2D eigenvalue weighted by Crippen LogP contribution is -2.44. The van der Waals surface area contributed by atoms with Crippen LogP contribution in [0.2, 0.25) is 0 Å². The summed E-state index contributed by atoms with van der Waals surface area (Å²) >= 11 is 1.25. The second-order valence-corrected chi connectivity index (χ2v) is 11.7. The molecule has 28 heavy (non-hydrogen) atoms. The Morgan fingerprint density at radius 3 is 2.61 bits per heavy atom. The molecule has 0 aromatic carbocycles. The number of sulfonamides is 1. The van der Waals surface area contributed by atoms with Crippen molar-refractivity contribution in [3.05, 3.63) is 17.5 Å². The first-order valence-electron chi connectivity index (χ1n) is 10.6. The monoisotopic (exact) mass is 425 g/mol. The van der Waals surface area contributed by atoms with Crippen molar-refractivity contribution >= 4 is 27.3 Å². The minimum absolute atomic E-state index is 0.0463. The van der Waals surface area contributed by atoms with E-state index in [-0.39, 0.29) is 17.2 Å². The standard InChI is InChI=1S/C20H31N3O3S2/c24-19(21-10-13-22-11-4-5-12-22)17-15-23(16-20(17)8-2-1-3-9-20)28(25,26)18-7-6-14-27-18/h6-7,14,17H,1-5,8-13,15-16H2,(H,21,24)/t17-/m0/s1. The summed E-state index contributed by atoms with van der Waals surface area (Å²) in [6.45, 7) is 4.59. The van der Waals surface area contributed by atoms with Crippen LogP contribution in [0.25, 0.3) is 0 Å². The molecule has 1 aliphatic carbocycles. The maximum absolute atomic E-state index is 13.1. The van der Waals surface area contributed by atoms with Crippen LogP contribution in [0.4, 0.5) is 0 Å². The van der Waals surface area contributed by atoms with Crippen molar-refractivity contribution in [3.63, 3.8) is 0 Å². The molecule has 1 saturated carbocycles. The first kappa shape index (κ1) is 20.3. The molecule has 1 atom stereocenters. The predicted octanol–water partition coefficient (Wildman–Crippen LogP) is 2.53. The van der Waals surface area contributed by atoms with Crippen molar-refractivity contribution < 1.29 is 13.2 Å². The van der Waals surface area contributed by atoms with Crippen LogP contribution in [0.3, 0.4) is 0 Å². The molecular weight excluding hydrogens is 394 g/mol. The fraction of sp³-hybridized carbons (Fsp3) is 0.750. The molecule has 1 aromatic rings. The van der Waals surface area contributed by atoms with Gasteiger partial charge < -0.3 is 10.2 Å². The number of nitrogens with zero attached hydrogens (tertiary/aromatic N) is 2. The summed E-state index contributed by atoms with van der Waals surface area (Å²) in [4.78, 5) is 15.5. The summed E-state index contributed by atoms with van der Waals surface area (Å²) in [7, 11) is -3.51. The van der Waals surface area contributed by atoms with Crippen LogP contribution in [0.15, 0.2) is 21.7 Å². The van der Waals surface area contributed by atoms with E-state index in [0.29, 0.717) is 23.8 Å². The highest BCUT2D eigenvalue weighted by Gasteiger charge is 2.53. The topological polar surface area (TPSA) is 69.7 Å². The summed E-state index contributed by atoms with van der Waals surface area (Å²) in [5.41, 5.74) is -0.194. The molecule has 1 aromatic heterocycles. The van der Waals surface area contributed by atoms with E-state index in [9.17, 15) is 13.2 Å². The van der Waals surface area contributed by atoms with Gasteiger partial charge in [0.25, 0.3) is 10.0 Å². The second kappa shape index (κ2) is 8.42. The van der Waals surface area contributed by atoms with Crippen LogP contribution >= 0.6 is 11.3 Å². The average molecular weight is 426 g/mol. The minimum atomic E-state index is -3.51. The zero-order valence-electron chi connectivity index (χ0n) is 16.4. The van der Waals surface area contributed by atoms with Gasteiger partial charge in [-0.1, -0.05) is 25.3 Å². The van der Waals surface area contributed by atoms with Crippen molar-refractivity contribution in [1.82, 2.24) is 14.5 Å². The summed E-state index contributed by atoms with van der Waals surface area (Å²) in [5.74, 6) is -0.189. The van der Waals surface area contributed by atoms with Gasteiger partial charge in [0.05, 0.1) is 5.92 Å². The average Bonchev–Trinajstić information content (AvgIpc) is 3.44. The van der Waals surface area contributed by atoms with Gasteiger partial charge in [0.15, 0.2) is 0 Å². The van der Waals surface area contributed by atoms with Gasteiger partial charge in [-0.05, 0) is 55.6 Å². The van der Waals surface area contributed by atoms with E-state index in [1.807, 2.05) is 0 Å². The lowest BCUT2D eigenvalue weighted by Gasteiger charge is -2.37. The highest BCUT2D eigenvalue weighted by atomic mass is 32.2. The third-order valence-electron chi connectivity index (χ3n) is 6.80. The number of rotatable bonds is 6. The molecular formula is C20H31N3O3S2. The van der Waals surface area contributed by atoms with E-state index in [1.165, 1.54) is 30.6 Å². The van der Waals surface area contributed by atoms with Gasteiger partial charge in [0.2, 0.25) is 5.91 Å². The highest BCUT2D eigenvalue weighted by Crippen LogP contribution is 2.49. The maximum atomic E-state index is 13.1. The van der Waals surface area contributed by atoms with Gasteiger partial charge in [-0.15, -0.1) is 11.3 Å². The summed E-state index contributed by atoms with van der Waals surface area (Å²) in [6.07, 6.45) is 7.75. The Balaban J connectivity index is 1.46. The second-order valence-electron chi connectivity index (χ2n) is 8.55. The van der Waals surface area contributed by atoms with Crippen molar-refractivity contribution in [2.24, 2.45) is 11.3 Å². The number of nitrogens with one attached hydrogen (secondary N) is 1. The normalized spacial score (nSPS) is 26.1. The molecule has 3 aliphatic rings. The van der Waals surface area contributed by atoms with E-state index in [0.717, 1.165) is 45.3 Å². The number of likely N-dealkylation sites (tertiary alicyclic amines) is 1. The number of hydrogen-bond acceptors (Lipinski definition) is 5. The Bertz CT molecular complexity index is 767. The first-order valence-corrected chi connectivity index (χ1v) is 12.9. The molecule has 6 nitrogen and oxygen atoms in total. The van der Waals surface area contributed by atoms with E-state index in [4.69, 9.17) is 0 Å². The van der Waals surface area contributed by atoms with Crippen LogP contribution in [-0.4, -0.2) is 62.8 Å². The van der Waals surface area contributed by atoms with Crippen LogP contribution in [-0.2, 0) is 14.8 Å². The number of carbonyl (C=O) groups excluding carboxylic acids is 1. The van der Waals surface area contributed by atoms with Gasteiger partial charge in [0, 0.05) is 26.2 Å². The number of thiophene rings is 1. The van der Waals surface area contributed by atoms with Crippen molar-refractivity contribution in [2.45, 2.75) is 49.2 Å². The lowest BCUT2D eigenvalue weighted by atomic mass is 9.67. The Hall–Kier alpha value is -0.960. The fourth-order valence-electron chi connectivity index (χ4n) is 5.23. The van der Waals surface area contributed by atoms with Gasteiger partial charge in [-0.25, -0.2) is 8.42 Å². The SMILES string of the molecule is O=C(NCCN1CCCC1)[C@@H]1CN(S(=O)(=O)c2cccs2)CC12CCCCC2. The molecule has 3 heterocycles. The summed E-state index contributed by atoms with van der Waals surface area (Å²) in [5, 5.41) is 4.92. The zero-order chi connectivity index (χ0) is 19.6.